The molecule has 0 aliphatic carbocycles. The van der Waals surface area contributed by atoms with Crippen molar-refractivity contribution in [3.05, 3.63) is 34.3 Å². The van der Waals surface area contributed by atoms with Crippen LogP contribution >= 0.6 is 0 Å². The minimum atomic E-state index is -0.439. The Morgan fingerprint density at radius 3 is 3.11 bits per heavy atom. The van der Waals surface area contributed by atoms with E-state index in [1.807, 2.05) is 25.1 Å². The molecule has 2 rings (SSSR count). The second-order valence-corrected chi connectivity index (χ2v) is 4.21. The van der Waals surface area contributed by atoms with E-state index < -0.39 is 5.76 Å². The molecule has 1 heterocycles. The van der Waals surface area contributed by atoms with Crippen molar-refractivity contribution < 1.29 is 4.42 Å². The molecule has 0 bridgehead atoms. The van der Waals surface area contributed by atoms with Crippen molar-refractivity contribution in [1.82, 2.24) is 10.3 Å². The van der Waals surface area contributed by atoms with Crippen LogP contribution in [0, 0.1) is 17.2 Å². The van der Waals surface area contributed by atoms with Crippen molar-refractivity contribution in [3.63, 3.8) is 0 Å². The van der Waals surface area contributed by atoms with Gasteiger partial charge in [0.2, 0.25) is 0 Å². The zero-order valence-electron chi connectivity index (χ0n) is 10.2. The third-order valence-electron chi connectivity index (χ3n) is 2.88. The number of fused-ring (bicyclic) bond motifs is 1. The predicted molar refractivity (Wildman–Crippen MR) is 67.9 cm³/mol. The Hall–Kier alpha value is -2.06. The van der Waals surface area contributed by atoms with E-state index in [-0.39, 0.29) is 5.92 Å². The van der Waals surface area contributed by atoms with Gasteiger partial charge < -0.3 is 9.73 Å². The zero-order valence-corrected chi connectivity index (χ0v) is 10.2. The Morgan fingerprint density at radius 1 is 1.56 bits per heavy atom. The number of hydrogen-bond donors (Lipinski definition) is 2. The molecule has 0 saturated carbocycles. The van der Waals surface area contributed by atoms with Crippen LogP contribution in [0.3, 0.4) is 0 Å². The number of oxazole rings is 1. The number of nitriles is 1. The molecule has 1 atom stereocenters. The lowest BCUT2D eigenvalue weighted by Crippen LogP contribution is -2.21. The van der Waals surface area contributed by atoms with Gasteiger partial charge in [0.15, 0.2) is 5.58 Å². The monoisotopic (exact) mass is 245 g/mol. The molecule has 0 aliphatic rings. The van der Waals surface area contributed by atoms with E-state index in [4.69, 9.17) is 9.68 Å². The summed E-state index contributed by atoms with van der Waals surface area (Å²) >= 11 is 0. The van der Waals surface area contributed by atoms with Crippen LogP contribution in [0.5, 0.6) is 0 Å². The number of aromatic nitrogens is 1. The highest BCUT2D eigenvalue weighted by atomic mass is 16.4. The largest absolute Gasteiger partial charge is 0.417 e. The van der Waals surface area contributed by atoms with E-state index >= 15 is 0 Å². The fourth-order valence-electron chi connectivity index (χ4n) is 1.77. The van der Waals surface area contributed by atoms with Crippen molar-refractivity contribution in [2.45, 2.75) is 19.9 Å². The zero-order chi connectivity index (χ0) is 13.0. The van der Waals surface area contributed by atoms with Crippen LogP contribution in [0.1, 0.15) is 18.9 Å². The molecule has 5 nitrogen and oxygen atoms in total. The van der Waals surface area contributed by atoms with E-state index in [1.165, 1.54) is 0 Å². The third-order valence-corrected chi connectivity index (χ3v) is 2.88. The fourth-order valence-corrected chi connectivity index (χ4v) is 1.77. The normalized spacial score (nSPS) is 12.4. The highest BCUT2D eigenvalue weighted by Crippen LogP contribution is 2.12. The summed E-state index contributed by atoms with van der Waals surface area (Å²) in [5, 5.41) is 12.0. The van der Waals surface area contributed by atoms with E-state index in [0.29, 0.717) is 24.2 Å². The number of nitrogens with one attached hydrogen (secondary N) is 2. The van der Waals surface area contributed by atoms with E-state index in [0.717, 1.165) is 12.0 Å². The molecule has 1 aromatic heterocycles. The van der Waals surface area contributed by atoms with Crippen LogP contribution in [-0.2, 0) is 6.54 Å². The molecule has 0 saturated heterocycles. The number of rotatable bonds is 5. The summed E-state index contributed by atoms with van der Waals surface area (Å²) < 4.78 is 4.99. The third kappa shape index (κ3) is 2.79. The van der Waals surface area contributed by atoms with Gasteiger partial charge >= 0.3 is 5.76 Å². The first-order chi connectivity index (χ1) is 8.72. The van der Waals surface area contributed by atoms with Crippen LogP contribution in [0.4, 0.5) is 0 Å². The van der Waals surface area contributed by atoms with Gasteiger partial charge in [-0.3, -0.25) is 4.98 Å². The van der Waals surface area contributed by atoms with Gasteiger partial charge in [-0.05, 0) is 24.1 Å². The molecular formula is C13H15N3O2. The summed E-state index contributed by atoms with van der Waals surface area (Å²) in [5.41, 5.74) is 2.29. The summed E-state index contributed by atoms with van der Waals surface area (Å²) in [6.07, 6.45) is 0.842. The molecule has 1 unspecified atom stereocenters. The SMILES string of the molecule is CCC(C#N)CNCc1ccc2[nH]c(=O)oc2c1. The summed E-state index contributed by atoms with van der Waals surface area (Å²) in [7, 11) is 0. The molecule has 0 radical (unpaired) electrons. The standard InChI is InChI=1S/C13H15N3O2/c1-2-9(6-14)7-15-8-10-3-4-11-12(5-10)18-13(17)16-11/h3-5,9,15H,2,7-8H2,1H3,(H,16,17). The molecule has 2 N–H and O–H groups in total. The van der Waals surface area contributed by atoms with Crippen LogP contribution in [0.25, 0.3) is 11.1 Å². The molecule has 94 valence electrons. The lowest BCUT2D eigenvalue weighted by Gasteiger charge is -2.07. The predicted octanol–water partition coefficient (Wildman–Crippen LogP) is 1.76. The molecule has 1 aromatic carbocycles. The smallest absolute Gasteiger partial charge is 0.408 e. The molecule has 18 heavy (non-hydrogen) atoms. The van der Waals surface area contributed by atoms with Gasteiger partial charge in [0.05, 0.1) is 17.5 Å². The Balaban J connectivity index is 2.00. The fraction of sp³-hybridized carbons (Fsp3) is 0.385. The lowest BCUT2D eigenvalue weighted by molar-refractivity contribution is 0.548. The van der Waals surface area contributed by atoms with Crippen LogP contribution in [-0.4, -0.2) is 11.5 Å². The highest BCUT2D eigenvalue weighted by molar-refractivity contribution is 5.72. The van der Waals surface area contributed by atoms with Gasteiger partial charge in [-0.1, -0.05) is 13.0 Å². The van der Waals surface area contributed by atoms with Crippen molar-refractivity contribution in [2.24, 2.45) is 5.92 Å². The first kappa shape index (κ1) is 12.4. The van der Waals surface area contributed by atoms with Crippen molar-refractivity contribution in [2.75, 3.05) is 6.54 Å². The summed E-state index contributed by atoms with van der Waals surface area (Å²) in [6, 6.07) is 7.81. The van der Waals surface area contributed by atoms with Gasteiger partial charge in [0, 0.05) is 13.1 Å². The molecule has 2 aromatic rings. The minimum Gasteiger partial charge on any atom is -0.408 e. The van der Waals surface area contributed by atoms with Gasteiger partial charge in [-0.2, -0.15) is 5.26 Å². The number of nitrogens with zero attached hydrogens (tertiary/aromatic N) is 1. The summed E-state index contributed by atoms with van der Waals surface area (Å²) in [4.78, 5) is 13.6. The molecule has 5 heteroatoms. The van der Waals surface area contributed by atoms with Gasteiger partial charge in [0.1, 0.15) is 0 Å². The molecular weight excluding hydrogens is 230 g/mol. The Kier molecular flexibility index (Phi) is 3.80. The average Bonchev–Trinajstić information content (AvgIpc) is 2.74. The minimum absolute atomic E-state index is 0.0407. The highest BCUT2D eigenvalue weighted by Gasteiger charge is 2.05. The second kappa shape index (κ2) is 5.52. The first-order valence-electron chi connectivity index (χ1n) is 5.95. The topological polar surface area (TPSA) is 81.8 Å². The Bertz CT molecular complexity index is 621. The maximum Gasteiger partial charge on any atom is 0.417 e. The first-order valence-corrected chi connectivity index (χ1v) is 5.95. The summed E-state index contributed by atoms with van der Waals surface area (Å²) in [6.45, 7) is 3.32. The Labute approximate surface area is 104 Å². The van der Waals surface area contributed by atoms with Crippen molar-refractivity contribution in [1.29, 1.82) is 5.26 Å². The maximum absolute atomic E-state index is 11.0. The second-order valence-electron chi connectivity index (χ2n) is 4.21. The van der Waals surface area contributed by atoms with Gasteiger partial charge in [0.25, 0.3) is 0 Å². The number of hydrogen-bond acceptors (Lipinski definition) is 4. The van der Waals surface area contributed by atoms with Crippen LogP contribution in [0.2, 0.25) is 0 Å². The van der Waals surface area contributed by atoms with E-state index in [9.17, 15) is 4.79 Å². The molecule has 0 aliphatic heterocycles. The van der Waals surface area contributed by atoms with E-state index in [1.54, 1.807) is 0 Å². The molecule has 0 fully saturated rings. The quantitative estimate of drug-likeness (QED) is 0.841. The van der Waals surface area contributed by atoms with E-state index in [2.05, 4.69) is 16.4 Å². The average molecular weight is 245 g/mol. The van der Waals surface area contributed by atoms with Gasteiger partial charge in [-0.25, -0.2) is 4.79 Å². The number of benzene rings is 1. The number of aromatic amines is 1. The van der Waals surface area contributed by atoms with Crippen LogP contribution < -0.4 is 11.1 Å². The Morgan fingerprint density at radius 2 is 2.39 bits per heavy atom. The van der Waals surface area contributed by atoms with Crippen molar-refractivity contribution in [3.8, 4) is 6.07 Å². The van der Waals surface area contributed by atoms with Crippen LogP contribution in [0.15, 0.2) is 27.4 Å². The van der Waals surface area contributed by atoms with Gasteiger partial charge in [-0.15, -0.1) is 0 Å². The summed E-state index contributed by atoms with van der Waals surface area (Å²) in [5.74, 6) is -0.399. The number of H-pyrrole nitrogens is 1. The van der Waals surface area contributed by atoms with Crippen molar-refractivity contribution >= 4 is 11.1 Å². The lowest BCUT2D eigenvalue weighted by atomic mass is 10.1. The maximum atomic E-state index is 11.0. The molecule has 0 amide bonds. The molecule has 0 spiro atoms.